The number of nitrogens with one attached hydrogen (secondary N) is 3. The summed E-state index contributed by atoms with van der Waals surface area (Å²) in [4.78, 5) is 14.4. The summed E-state index contributed by atoms with van der Waals surface area (Å²) in [7, 11) is 1.59. The zero-order chi connectivity index (χ0) is 17.6. The molecule has 25 heavy (non-hydrogen) atoms. The second-order valence-corrected chi connectivity index (χ2v) is 6.78. The van der Waals surface area contributed by atoms with Crippen LogP contribution in [0, 0.1) is 11.7 Å². The first-order chi connectivity index (χ1) is 12.2. The molecule has 3 unspecified atom stereocenters. The molecule has 3 rings (SSSR count). The van der Waals surface area contributed by atoms with Gasteiger partial charge in [-0.3, -0.25) is 10.9 Å². The van der Waals surface area contributed by atoms with Crippen molar-refractivity contribution in [3.63, 3.8) is 0 Å². The Labute approximate surface area is 148 Å². The first kappa shape index (κ1) is 18.1. The molecular formula is C18H27FN4O2. The van der Waals surface area contributed by atoms with E-state index in [-0.39, 0.29) is 18.0 Å². The summed E-state index contributed by atoms with van der Waals surface area (Å²) in [5.74, 6) is 0.210. The minimum Gasteiger partial charge on any atom is -0.375 e. The topological polar surface area (TPSA) is 65.6 Å². The average molecular weight is 350 g/mol. The number of amides is 2. The average Bonchev–Trinajstić information content (AvgIpc) is 3.18. The standard InChI is InChI=1S/C18H27FN4O2/c1-25-17(13-4-6-15(19)7-5-13)11-20-18(24)23-10-2-3-14(12-23)16-8-9-21-22-16/h4-7,14,16-17,21-22H,2-3,8-12H2,1H3,(H,20,24). The molecule has 0 bridgehead atoms. The summed E-state index contributed by atoms with van der Waals surface area (Å²) in [5, 5.41) is 2.96. The Morgan fingerprint density at radius 2 is 2.20 bits per heavy atom. The van der Waals surface area contributed by atoms with Gasteiger partial charge in [0, 0.05) is 39.3 Å². The fourth-order valence-electron chi connectivity index (χ4n) is 3.69. The highest BCUT2D eigenvalue weighted by Crippen LogP contribution is 2.23. The highest BCUT2D eigenvalue weighted by atomic mass is 19.1. The molecule has 3 atom stereocenters. The number of hydrazine groups is 1. The maximum atomic E-state index is 13.0. The number of hydrogen-bond acceptors (Lipinski definition) is 4. The van der Waals surface area contributed by atoms with E-state index in [1.54, 1.807) is 19.2 Å². The first-order valence-corrected chi connectivity index (χ1v) is 8.97. The highest BCUT2D eigenvalue weighted by Gasteiger charge is 2.31. The van der Waals surface area contributed by atoms with E-state index in [2.05, 4.69) is 16.2 Å². The van der Waals surface area contributed by atoms with E-state index in [1.165, 1.54) is 12.1 Å². The van der Waals surface area contributed by atoms with Gasteiger partial charge in [0.25, 0.3) is 0 Å². The molecule has 1 aromatic carbocycles. The van der Waals surface area contributed by atoms with Gasteiger partial charge in [-0.25, -0.2) is 9.18 Å². The number of benzene rings is 1. The fraction of sp³-hybridized carbons (Fsp3) is 0.611. The van der Waals surface area contributed by atoms with Crippen molar-refractivity contribution in [2.45, 2.75) is 31.4 Å². The molecule has 2 amide bonds. The largest absolute Gasteiger partial charge is 0.375 e. The molecule has 0 aliphatic carbocycles. The van der Waals surface area contributed by atoms with E-state index in [0.29, 0.717) is 18.5 Å². The van der Waals surface area contributed by atoms with E-state index in [0.717, 1.165) is 44.5 Å². The lowest BCUT2D eigenvalue weighted by Gasteiger charge is -2.35. The number of ether oxygens (including phenoxy) is 1. The molecule has 2 fully saturated rings. The van der Waals surface area contributed by atoms with Crippen molar-refractivity contribution in [3.8, 4) is 0 Å². The van der Waals surface area contributed by atoms with Crippen LogP contribution in [0.15, 0.2) is 24.3 Å². The Morgan fingerprint density at radius 3 is 2.88 bits per heavy atom. The summed E-state index contributed by atoms with van der Waals surface area (Å²) in [5.41, 5.74) is 7.33. The lowest BCUT2D eigenvalue weighted by Crippen LogP contribution is -2.50. The van der Waals surface area contributed by atoms with Crippen molar-refractivity contribution in [2.24, 2.45) is 5.92 Å². The predicted octanol–water partition coefficient (Wildman–Crippen LogP) is 1.80. The SMILES string of the molecule is COC(CNC(=O)N1CCCC(C2CCNN2)C1)c1ccc(F)cc1. The molecule has 2 aliphatic rings. The molecule has 0 saturated carbocycles. The molecule has 6 nitrogen and oxygen atoms in total. The summed E-state index contributed by atoms with van der Waals surface area (Å²) in [6, 6.07) is 6.57. The van der Waals surface area contributed by atoms with Gasteiger partial charge in [0.2, 0.25) is 0 Å². The van der Waals surface area contributed by atoms with Crippen molar-refractivity contribution in [1.29, 1.82) is 0 Å². The lowest BCUT2D eigenvalue weighted by atomic mass is 9.90. The number of methoxy groups -OCH3 is 1. The molecule has 3 N–H and O–H groups in total. The lowest BCUT2D eigenvalue weighted by molar-refractivity contribution is 0.0984. The molecule has 2 aliphatic heterocycles. The third-order valence-electron chi connectivity index (χ3n) is 5.15. The van der Waals surface area contributed by atoms with Crippen molar-refractivity contribution in [1.82, 2.24) is 21.1 Å². The van der Waals surface area contributed by atoms with Gasteiger partial charge in [0.1, 0.15) is 5.82 Å². The van der Waals surface area contributed by atoms with Crippen LogP contribution in [0.4, 0.5) is 9.18 Å². The van der Waals surface area contributed by atoms with Crippen LogP contribution in [-0.4, -0.2) is 50.3 Å². The van der Waals surface area contributed by atoms with Crippen molar-refractivity contribution >= 4 is 6.03 Å². The molecular weight excluding hydrogens is 323 g/mol. The molecule has 2 saturated heterocycles. The Balaban J connectivity index is 1.51. The van der Waals surface area contributed by atoms with Gasteiger partial charge in [0.05, 0.1) is 6.10 Å². The quantitative estimate of drug-likeness (QED) is 0.758. The van der Waals surface area contributed by atoms with Gasteiger partial charge in [-0.2, -0.15) is 0 Å². The van der Waals surface area contributed by atoms with Gasteiger partial charge in [-0.1, -0.05) is 12.1 Å². The molecule has 0 aromatic heterocycles. The van der Waals surface area contributed by atoms with E-state index in [9.17, 15) is 9.18 Å². The van der Waals surface area contributed by atoms with Gasteiger partial charge in [-0.05, 0) is 42.9 Å². The molecule has 0 spiro atoms. The fourth-order valence-corrected chi connectivity index (χ4v) is 3.69. The van der Waals surface area contributed by atoms with E-state index in [1.807, 2.05) is 4.90 Å². The highest BCUT2D eigenvalue weighted by molar-refractivity contribution is 5.74. The third-order valence-corrected chi connectivity index (χ3v) is 5.15. The number of halogens is 1. The van der Waals surface area contributed by atoms with E-state index in [4.69, 9.17) is 4.74 Å². The third kappa shape index (κ3) is 4.68. The predicted molar refractivity (Wildman–Crippen MR) is 93.4 cm³/mol. The molecule has 2 heterocycles. The van der Waals surface area contributed by atoms with Crippen LogP contribution in [0.1, 0.15) is 30.9 Å². The number of piperidine rings is 1. The number of rotatable bonds is 5. The Bertz CT molecular complexity index is 563. The van der Waals surface area contributed by atoms with Gasteiger partial charge in [0.15, 0.2) is 0 Å². The minimum atomic E-state index is -0.286. The smallest absolute Gasteiger partial charge is 0.317 e. The Kier molecular flexibility index (Phi) is 6.23. The van der Waals surface area contributed by atoms with E-state index < -0.39 is 0 Å². The van der Waals surface area contributed by atoms with Crippen molar-refractivity contribution < 1.29 is 13.9 Å². The zero-order valence-electron chi connectivity index (χ0n) is 14.6. The van der Waals surface area contributed by atoms with Crippen LogP contribution in [0.3, 0.4) is 0 Å². The Morgan fingerprint density at radius 1 is 1.40 bits per heavy atom. The summed E-state index contributed by atoms with van der Waals surface area (Å²) in [6.07, 6.45) is 3.00. The maximum absolute atomic E-state index is 13.0. The van der Waals surface area contributed by atoms with Crippen LogP contribution in [0.25, 0.3) is 0 Å². The van der Waals surface area contributed by atoms with Crippen LogP contribution < -0.4 is 16.2 Å². The minimum absolute atomic E-state index is 0.0557. The number of carbonyl (C=O) groups excluding carboxylic acids is 1. The van der Waals surface area contributed by atoms with Crippen molar-refractivity contribution in [2.75, 3.05) is 33.3 Å². The molecule has 138 valence electrons. The first-order valence-electron chi connectivity index (χ1n) is 8.97. The summed E-state index contributed by atoms with van der Waals surface area (Å²) in [6.45, 7) is 2.92. The number of carbonyl (C=O) groups is 1. The number of likely N-dealkylation sites (tertiary alicyclic amines) is 1. The second-order valence-electron chi connectivity index (χ2n) is 6.78. The maximum Gasteiger partial charge on any atom is 0.317 e. The summed E-state index contributed by atoms with van der Waals surface area (Å²) >= 11 is 0. The number of hydrogen-bond donors (Lipinski definition) is 3. The second kappa shape index (κ2) is 8.60. The number of urea groups is 1. The van der Waals surface area contributed by atoms with Crippen LogP contribution in [0.2, 0.25) is 0 Å². The zero-order valence-corrected chi connectivity index (χ0v) is 14.6. The Hall–Kier alpha value is -1.70. The van der Waals surface area contributed by atoms with E-state index >= 15 is 0 Å². The van der Waals surface area contributed by atoms with Crippen LogP contribution in [-0.2, 0) is 4.74 Å². The normalized spacial score (nSPS) is 25.0. The number of nitrogens with zero attached hydrogens (tertiary/aromatic N) is 1. The van der Waals surface area contributed by atoms with Crippen LogP contribution >= 0.6 is 0 Å². The summed E-state index contributed by atoms with van der Waals surface area (Å²) < 4.78 is 18.5. The van der Waals surface area contributed by atoms with Crippen molar-refractivity contribution in [3.05, 3.63) is 35.6 Å². The molecule has 0 radical (unpaired) electrons. The van der Waals surface area contributed by atoms with Gasteiger partial charge >= 0.3 is 6.03 Å². The van der Waals surface area contributed by atoms with Crippen LogP contribution in [0.5, 0.6) is 0 Å². The van der Waals surface area contributed by atoms with Gasteiger partial charge < -0.3 is 15.0 Å². The molecule has 7 heteroatoms. The monoisotopic (exact) mass is 350 g/mol. The van der Waals surface area contributed by atoms with Gasteiger partial charge in [-0.15, -0.1) is 0 Å². The molecule has 1 aromatic rings.